The Morgan fingerprint density at radius 2 is 2.27 bits per heavy atom. The van der Waals surface area contributed by atoms with Crippen LogP contribution in [0.15, 0.2) is 24.5 Å². The minimum absolute atomic E-state index is 0.0743. The molecule has 2 aliphatic rings. The van der Waals surface area contributed by atoms with Gasteiger partial charge in [-0.25, -0.2) is 9.67 Å². The van der Waals surface area contributed by atoms with E-state index in [2.05, 4.69) is 21.4 Å². The molecule has 0 aromatic carbocycles. The van der Waals surface area contributed by atoms with E-state index in [0.717, 1.165) is 72.4 Å². The second-order valence-corrected chi connectivity index (χ2v) is 8.88. The van der Waals surface area contributed by atoms with Crippen LogP contribution in [0.4, 0.5) is 5.69 Å². The maximum absolute atomic E-state index is 12.3. The van der Waals surface area contributed by atoms with Gasteiger partial charge in [0, 0.05) is 49.1 Å². The number of anilines is 1. The molecule has 3 aromatic heterocycles. The van der Waals surface area contributed by atoms with Gasteiger partial charge in [-0.1, -0.05) is 0 Å². The number of pyridine rings is 1. The van der Waals surface area contributed by atoms with Crippen molar-refractivity contribution in [2.75, 3.05) is 25.0 Å². The fourth-order valence-corrected chi connectivity index (χ4v) is 4.92. The van der Waals surface area contributed by atoms with E-state index in [-0.39, 0.29) is 24.6 Å². The molecule has 5 rings (SSSR count). The van der Waals surface area contributed by atoms with Crippen molar-refractivity contribution >= 4 is 22.6 Å². The minimum Gasteiger partial charge on any atom is -0.379 e. The third kappa shape index (κ3) is 4.31. The van der Waals surface area contributed by atoms with E-state index in [0.29, 0.717) is 13.1 Å². The van der Waals surface area contributed by atoms with Crippen molar-refractivity contribution in [1.82, 2.24) is 24.6 Å². The number of aromatic amines is 1. The molecule has 0 spiro atoms. The number of aryl methyl sites for hydroxylation is 1. The van der Waals surface area contributed by atoms with Gasteiger partial charge in [0.25, 0.3) is 0 Å². The van der Waals surface area contributed by atoms with Gasteiger partial charge in [0.2, 0.25) is 5.91 Å². The molecule has 2 saturated heterocycles. The number of rotatable bonds is 5. The molecule has 33 heavy (non-hydrogen) atoms. The maximum Gasteiger partial charge on any atom is 0.236 e. The van der Waals surface area contributed by atoms with Gasteiger partial charge in [0.1, 0.15) is 12.1 Å². The summed E-state index contributed by atoms with van der Waals surface area (Å²) in [5.74, 6) is -0.103. The van der Waals surface area contributed by atoms with Crippen LogP contribution in [0.25, 0.3) is 22.3 Å². The molecular weight excluding hydrogens is 418 g/mol. The second-order valence-electron chi connectivity index (χ2n) is 8.88. The summed E-state index contributed by atoms with van der Waals surface area (Å²) in [6.45, 7) is 4.03. The summed E-state index contributed by atoms with van der Waals surface area (Å²) in [5, 5.41) is 18.4. The van der Waals surface area contributed by atoms with Crippen molar-refractivity contribution in [3.63, 3.8) is 0 Å². The zero-order valence-corrected chi connectivity index (χ0v) is 18.9. The number of carbonyl (C=O) groups is 1. The Balaban J connectivity index is 1.51. The first kappa shape index (κ1) is 21.5. The number of fused-ring (bicyclic) bond motifs is 1. The van der Waals surface area contributed by atoms with Crippen LogP contribution in [0.3, 0.4) is 0 Å². The Morgan fingerprint density at radius 3 is 3.09 bits per heavy atom. The van der Waals surface area contributed by atoms with Crippen molar-refractivity contribution in [2.24, 2.45) is 0 Å². The van der Waals surface area contributed by atoms with Gasteiger partial charge in [-0.05, 0) is 51.2 Å². The number of likely N-dealkylation sites (tertiary alicyclic amines) is 1. The maximum atomic E-state index is 12.3. The summed E-state index contributed by atoms with van der Waals surface area (Å²) >= 11 is 0. The van der Waals surface area contributed by atoms with Crippen LogP contribution in [-0.4, -0.2) is 56.3 Å². The predicted molar refractivity (Wildman–Crippen MR) is 124 cm³/mol. The summed E-state index contributed by atoms with van der Waals surface area (Å²) in [6.07, 6.45) is 8.63. The van der Waals surface area contributed by atoms with Crippen LogP contribution >= 0.6 is 0 Å². The normalized spacial score (nSPS) is 21.2. The van der Waals surface area contributed by atoms with E-state index in [1.807, 2.05) is 36.1 Å². The molecular formula is C24H29N7O2. The molecule has 172 valence electrons. The standard InChI is InChI=1S/C24H29N7O2/c1-16-13-20(31(29-16)22-6-2-3-12-33-22)19-14-27-24-18(8-10-26-24)23(19)28-17-5-4-11-30(15-17)21(32)7-9-25/h8,10,13-14,17,22H,2-7,11-12,15H2,1H3,(H2,26,27,28)/t17-,22?/m1/s1. The number of piperidine rings is 1. The van der Waals surface area contributed by atoms with E-state index in [4.69, 9.17) is 15.1 Å². The lowest BCUT2D eigenvalue weighted by Gasteiger charge is -2.34. The number of nitriles is 1. The zero-order valence-electron chi connectivity index (χ0n) is 18.9. The first-order chi connectivity index (χ1) is 16.1. The highest BCUT2D eigenvalue weighted by Crippen LogP contribution is 2.37. The first-order valence-electron chi connectivity index (χ1n) is 11.7. The fourth-order valence-electron chi connectivity index (χ4n) is 4.92. The van der Waals surface area contributed by atoms with E-state index in [1.165, 1.54) is 0 Å². The molecule has 1 unspecified atom stereocenters. The average Bonchev–Trinajstić information content (AvgIpc) is 3.47. The molecule has 9 heteroatoms. The monoisotopic (exact) mass is 447 g/mol. The van der Waals surface area contributed by atoms with Gasteiger partial charge in [0.15, 0.2) is 6.23 Å². The van der Waals surface area contributed by atoms with Gasteiger partial charge in [0.05, 0.1) is 23.1 Å². The van der Waals surface area contributed by atoms with Crippen LogP contribution in [-0.2, 0) is 9.53 Å². The lowest BCUT2D eigenvalue weighted by molar-refractivity contribution is -0.131. The Hall–Kier alpha value is -3.38. The van der Waals surface area contributed by atoms with Crippen molar-refractivity contribution in [2.45, 2.75) is 57.7 Å². The quantitative estimate of drug-likeness (QED) is 0.616. The summed E-state index contributed by atoms with van der Waals surface area (Å²) in [7, 11) is 0. The summed E-state index contributed by atoms with van der Waals surface area (Å²) in [6, 6.07) is 6.18. The number of amides is 1. The molecule has 2 aliphatic heterocycles. The molecule has 2 fully saturated rings. The van der Waals surface area contributed by atoms with Crippen LogP contribution in [0, 0.1) is 18.3 Å². The predicted octanol–water partition coefficient (Wildman–Crippen LogP) is 3.75. The highest BCUT2D eigenvalue weighted by Gasteiger charge is 2.27. The number of nitrogens with one attached hydrogen (secondary N) is 2. The molecule has 3 aromatic rings. The van der Waals surface area contributed by atoms with Crippen LogP contribution in [0.1, 0.15) is 50.4 Å². The van der Waals surface area contributed by atoms with Crippen LogP contribution in [0.5, 0.6) is 0 Å². The van der Waals surface area contributed by atoms with Gasteiger partial charge in [-0.15, -0.1) is 0 Å². The second kappa shape index (κ2) is 9.24. The molecule has 2 atom stereocenters. The first-order valence-corrected chi connectivity index (χ1v) is 11.7. The third-order valence-corrected chi connectivity index (χ3v) is 6.50. The van der Waals surface area contributed by atoms with E-state index in [9.17, 15) is 4.79 Å². The molecule has 0 radical (unpaired) electrons. The number of ether oxygens (including phenoxy) is 1. The highest BCUT2D eigenvalue weighted by molar-refractivity contribution is 5.98. The van der Waals surface area contributed by atoms with Gasteiger partial charge >= 0.3 is 0 Å². The topological polar surface area (TPSA) is 112 Å². The van der Waals surface area contributed by atoms with Gasteiger partial charge < -0.3 is 19.9 Å². The molecule has 0 aliphatic carbocycles. The lowest BCUT2D eigenvalue weighted by atomic mass is 10.0. The molecule has 0 bridgehead atoms. The largest absolute Gasteiger partial charge is 0.379 e. The van der Waals surface area contributed by atoms with Crippen molar-refractivity contribution in [3.05, 3.63) is 30.2 Å². The summed E-state index contributed by atoms with van der Waals surface area (Å²) in [5.41, 5.74) is 4.68. The Morgan fingerprint density at radius 1 is 1.36 bits per heavy atom. The van der Waals surface area contributed by atoms with Crippen LogP contribution in [0.2, 0.25) is 0 Å². The fraction of sp³-hybridized carbons (Fsp3) is 0.500. The Bertz CT molecular complexity index is 1190. The van der Waals surface area contributed by atoms with E-state index in [1.54, 1.807) is 4.90 Å². The smallest absolute Gasteiger partial charge is 0.236 e. The molecule has 0 saturated carbocycles. The highest BCUT2D eigenvalue weighted by atomic mass is 16.5. The zero-order chi connectivity index (χ0) is 22.8. The van der Waals surface area contributed by atoms with Crippen molar-refractivity contribution in [1.29, 1.82) is 5.26 Å². The summed E-state index contributed by atoms with van der Waals surface area (Å²) < 4.78 is 8.05. The summed E-state index contributed by atoms with van der Waals surface area (Å²) in [4.78, 5) is 22.0. The number of aromatic nitrogens is 4. The Labute approximate surface area is 192 Å². The minimum atomic E-state index is -0.103. The number of hydrogen-bond donors (Lipinski definition) is 2. The average molecular weight is 448 g/mol. The molecule has 1 amide bonds. The number of carbonyl (C=O) groups excluding carboxylic acids is 1. The van der Waals surface area contributed by atoms with E-state index >= 15 is 0 Å². The van der Waals surface area contributed by atoms with Crippen molar-refractivity contribution < 1.29 is 9.53 Å². The molecule has 9 nitrogen and oxygen atoms in total. The van der Waals surface area contributed by atoms with Gasteiger partial charge in [-0.2, -0.15) is 10.4 Å². The molecule has 5 heterocycles. The number of hydrogen-bond acceptors (Lipinski definition) is 6. The van der Waals surface area contributed by atoms with Crippen LogP contribution < -0.4 is 5.32 Å². The SMILES string of the molecule is Cc1cc(-c2cnc3[nH]ccc3c2N[C@@H]2CCCN(C(=O)CC#N)C2)n(C2CCCCO2)n1. The third-order valence-electron chi connectivity index (χ3n) is 6.50. The Kier molecular flexibility index (Phi) is 6.01. The molecule has 2 N–H and O–H groups in total. The number of H-pyrrole nitrogens is 1. The van der Waals surface area contributed by atoms with Gasteiger partial charge in [-0.3, -0.25) is 4.79 Å². The number of nitrogens with zero attached hydrogens (tertiary/aromatic N) is 5. The van der Waals surface area contributed by atoms with E-state index < -0.39 is 0 Å². The van der Waals surface area contributed by atoms with Crippen molar-refractivity contribution in [3.8, 4) is 17.3 Å². The lowest BCUT2D eigenvalue weighted by Crippen LogP contribution is -2.45.